The molecule has 2 aliphatic rings. The first-order valence-corrected chi connectivity index (χ1v) is 11.5. The second-order valence-electron chi connectivity index (χ2n) is 9.15. The fourth-order valence-corrected chi connectivity index (χ4v) is 4.78. The van der Waals surface area contributed by atoms with Crippen molar-refractivity contribution in [2.45, 2.75) is 49.9 Å². The molecule has 2 fully saturated rings. The van der Waals surface area contributed by atoms with Gasteiger partial charge in [-0.1, -0.05) is 18.7 Å². The molecule has 4 rings (SSSR count). The lowest BCUT2D eigenvalue weighted by molar-refractivity contribution is -0.137. The molecule has 1 aliphatic carbocycles. The van der Waals surface area contributed by atoms with Gasteiger partial charge in [0.25, 0.3) is 0 Å². The highest BCUT2D eigenvalue weighted by molar-refractivity contribution is 5.80. The van der Waals surface area contributed by atoms with E-state index in [9.17, 15) is 18.0 Å². The van der Waals surface area contributed by atoms with Crippen LogP contribution in [0.5, 0.6) is 0 Å². The summed E-state index contributed by atoms with van der Waals surface area (Å²) in [5, 5.41) is 5.81. The quantitative estimate of drug-likeness (QED) is 0.570. The maximum atomic E-state index is 12.9. The van der Waals surface area contributed by atoms with Crippen LogP contribution < -0.4 is 16.4 Å². The molecule has 0 radical (unpaired) electrons. The van der Waals surface area contributed by atoms with E-state index in [-0.39, 0.29) is 24.2 Å². The van der Waals surface area contributed by atoms with Crippen molar-refractivity contribution in [1.82, 2.24) is 20.5 Å². The van der Waals surface area contributed by atoms with E-state index in [0.29, 0.717) is 17.5 Å². The van der Waals surface area contributed by atoms with Crippen LogP contribution in [0.2, 0.25) is 0 Å². The maximum Gasteiger partial charge on any atom is 0.416 e. The fraction of sp³-hybridized carbons (Fsp3) is 0.440. The minimum Gasteiger partial charge on any atom is -0.399 e. The Morgan fingerprint density at radius 3 is 2.56 bits per heavy atom. The number of carbonyl (C=O) groups is 1. The lowest BCUT2D eigenvalue weighted by Crippen LogP contribution is -2.63. The van der Waals surface area contributed by atoms with Crippen LogP contribution in [-0.4, -0.2) is 47.5 Å². The number of benzene rings is 1. The maximum absolute atomic E-state index is 12.9. The normalized spacial score (nSPS) is 21.5. The van der Waals surface area contributed by atoms with Gasteiger partial charge in [0.2, 0.25) is 5.91 Å². The summed E-state index contributed by atoms with van der Waals surface area (Å²) in [5.41, 5.74) is 7.55. The summed E-state index contributed by atoms with van der Waals surface area (Å²) in [7, 11) is 0. The molecule has 9 heteroatoms. The first kappa shape index (κ1) is 24.1. The molecule has 0 spiro atoms. The molecule has 1 saturated heterocycles. The largest absolute Gasteiger partial charge is 0.416 e. The lowest BCUT2D eigenvalue weighted by Gasteiger charge is -2.46. The Morgan fingerprint density at radius 2 is 1.88 bits per heavy atom. The molecule has 1 saturated carbocycles. The number of rotatable bonds is 7. The summed E-state index contributed by atoms with van der Waals surface area (Å²) >= 11 is 0. The summed E-state index contributed by atoms with van der Waals surface area (Å²) in [5.74, 6) is 0.252. The zero-order chi connectivity index (χ0) is 24.3. The highest BCUT2D eigenvalue weighted by Gasteiger charge is 2.35. The van der Waals surface area contributed by atoms with Crippen LogP contribution in [0.15, 0.2) is 49.2 Å². The van der Waals surface area contributed by atoms with Crippen molar-refractivity contribution in [2.75, 3.05) is 25.4 Å². The Hall–Kier alpha value is -3.07. The van der Waals surface area contributed by atoms with E-state index < -0.39 is 11.7 Å². The molecule has 1 amide bonds. The van der Waals surface area contributed by atoms with Crippen LogP contribution in [0.25, 0.3) is 5.70 Å². The topological polar surface area (TPSA) is 83.3 Å². The molecule has 0 bridgehead atoms. The van der Waals surface area contributed by atoms with E-state index in [1.165, 1.54) is 12.1 Å². The van der Waals surface area contributed by atoms with Crippen LogP contribution >= 0.6 is 0 Å². The zero-order valence-electron chi connectivity index (χ0n) is 18.9. The van der Waals surface area contributed by atoms with E-state index in [0.717, 1.165) is 62.3 Å². The van der Waals surface area contributed by atoms with Gasteiger partial charge >= 0.3 is 6.18 Å². The molecule has 4 N–H and O–H groups in total. The highest BCUT2D eigenvalue weighted by Crippen LogP contribution is 2.35. The Labute approximate surface area is 197 Å². The van der Waals surface area contributed by atoms with Gasteiger partial charge < -0.3 is 16.4 Å². The Kier molecular flexibility index (Phi) is 7.11. The first-order valence-electron chi connectivity index (χ1n) is 11.5. The second kappa shape index (κ2) is 10.0. The third-order valence-corrected chi connectivity index (χ3v) is 6.71. The number of likely N-dealkylation sites (tertiary alicyclic amines) is 1. The number of amides is 1. The number of pyridine rings is 1. The van der Waals surface area contributed by atoms with Crippen molar-refractivity contribution < 1.29 is 18.0 Å². The average Bonchev–Trinajstić information content (AvgIpc) is 2.79. The van der Waals surface area contributed by atoms with E-state index >= 15 is 0 Å². The molecule has 0 atom stereocenters. The molecule has 1 aliphatic heterocycles. The summed E-state index contributed by atoms with van der Waals surface area (Å²) in [4.78, 5) is 19.2. The van der Waals surface area contributed by atoms with Crippen LogP contribution in [0.4, 0.5) is 18.9 Å². The number of alkyl halides is 3. The Morgan fingerprint density at radius 1 is 1.15 bits per heavy atom. The van der Waals surface area contributed by atoms with Crippen molar-refractivity contribution in [3.63, 3.8) is 0 Å². The van der Waals surface area contributed by atoms with Crippen molar-refractivity contribution in [3.8, 4) is 0 Å². The molecule has 6 nitrogen and oxygen atoms in total. The molecular formula is C25H30F3N5O. The molecule has 1 aromatic carbocycles. The lowest BCUT2D eigenvalue weighted by atomic mass is 9.82. The zero-order valence-corrected chi connectivity index (χ0v) is 18.9. The second-order valence-corrected chi connectivity index (χ2v) is 9.15. The van der Waals surface area contributed by atoms with Crippen LogP contribution in [-0.2, 0) is 11.0 Å². The predicted molar refractivity (Wildman–Crippen MR) is 126 cm³/mol. The molecule has 182 valence electrons. The van der Waals surface area contributed by atoms with E-state index in [2.05, 4.69) is 27.1 Å². The van der Waals surface area contributed by atoms with Gasteiger partial charge in [-0.3, -0.25) is 14.7 Å². The van der Waals surface area contributed by atoms with Crippen molar-refractivity contribution in [2.24, 2.45) is 0 Å². The fourth-order valence-electron chi connectivity index (χ4n) is 4.78. The van der Waals surface area contributed by atoms with Gasteiger partial charge in [-0.05, 0) is 55.5 Å². The smallest absolute Gasteiger partial charge is 0.399 e. The predicted octanol–water partition coefficient (Wildman–Crippen LogP) is 3.77. The number of nitrogens with one attached hydrogen (secondary N) is 2. The van der Waals surface area contributed by atoms with E-state index in [1.807, 2.05) is 6.07 Å². The third kappa shape index (κ3) is 5.88. The minimum atomic E-state index is -4.42. The SMILES string of the molecule is C=C(NCC(=O)NC1CN([C@H]2CC[C@@H](c3cc(N)ccn3)CC2)C1)c1cccc(C(F)(F)F)c1. The van der Waals surface area contributed by atoms with Gasteiger partial charge in [-0.25, -0.2) is 0 Å². The molecule has 2 aromatic rings. The van der Waals surface area contributed by atoms with Crippen molar-refractivity contribution in [1.29, 1.82) is 0 Å². The van der Waals surface area contributed by atoms with Gasteiger partial charge in [0.15, 0.2) is 0 Å². The Balaban J connectivity index is 1.16. The van der Waals surface area contributed by atoms with Gasteiger partial charge in [0.05, 0.1) is 18.2 Å². The number of hydrogen-bond acceptors (Lipinski definition) is 5. The summed E-state index contributed by atoms with van der Waals surface area (Å²) in [6.45, 7) is 5.35. The number of carbonyl (C=O) groups excluding carboxylic acids is 1. The number of nitrogens with zero attached hydrogens (tertiary/aromatic N) is 2. The highest BCUT2D eigenvalue weighted by atomic mass is 19.4. The number of nitrogen functional groups attached to an aromatic ring is 1. The average molecular weight is 474 g/mol. The first-order chi connectivity index (χ1) is 16.2. The monoisotopic (exact) mass is 473 g/mol. The molecule has 0 unspecified atom stereocenters. The summed E-state index contributed by atoms with van der Waals surface area (Å²) in [6, 6.07) is 9.27. The number of anilines is 1. The van der Waals surface area contributed by atoms with Gasteiger partial charge in [-0.2, -0.15) is 13.2 Å². The van der Waals surface area contributed by atoms with Crippen molar-refractivity contribution in [3.05, 3.63) is 66.0 Å². The number of nitrogens with two attached hydrogens (primary N) is 1. The molecular weight excluding hydrogens is 443 g/mol. The number of halogens is 3. The summed E-state index contributed by atoms with van der Waals surface area (Å²) in [6.07, 6.45) is 1.70. The number of hydrogen-bond donors (Lipinski definition) is 3. The van der Waals surface area contributed by atoms with Crippen molar-refractivity contribution >= 4 is 17.3 Å². The van der Waals surface area contributed by atoms with Crippen LogP contribution in [0.1, 0.15) is 48.4 Å². The Bertz CT molecular complexity index is 1030. The molecule has 1 aromatic heterocycles. The molecule has 2 heterocycles. The summed E-state index contributed by atoms with van der Waals surface area (Å²) < 4.78 is 38.7. The minimum absolute atomic E-state index is 0.0378. The third-order valence-electron chi connectivity index (χ3n) is 6.71. The van der Waals surface area contributed by atoms with E-state index in [1.54, 1.807) is 12.3 Å². The van der Waals surface area contributed by atoms with Crippen LogP contribution in [0, 0.1) is 0 Å². The van der Waals surface area contributed by atoms with Gasteiger partial charge in [0.1, 0.15) is 0 Å². The van der Waals surface area contributed by atoms with Crippen LogP contribution in [0.3, 0.4) is 0 Å². The van der Waals surface area contributed by atoms with Gasteiger partial charge in [-0.15, -0.1) is 0 Å². The standard InChI is InChI=1S/C25H30F3N5O/c1-16(18-3-2-4-19(11-18)25(26,27)28)31-13-24(34)32-21-14-33(15-21)22-7-5-17(6-8-22)23-12-20(29)9-10-30-23/h2-4,9-12,17,21-22,31H,1,5-8,13-15H2,(H2,29,30)(H,32,34)/t17-,22+. The van der Waals surface area contributed by atoms with Gasteiger partial charge in [0, 0.05) is 48.3 Å². The molecule has 34 heavy (non-hydrogen) atoms. The number of aromatic nitrogens is 1. The van der Waals surface area contributed by atoms with E-state index in [4.69, 9.17) is 5.73 Å².